The predicted octanol–water partition coefficient (Wildman–Crippen LogP) is -0.0157. The molecule has 0 atom stereocenters. The van der Waals surface area contributed by atoms with Gasteiger partial charge in [-0.1, -0.05) is 6.92 Å². The van der Waals surface area contributed by atoms with E-state index < -0.39 is 10.2 Å². The standard InChI is InChI=1S/C6H12N4O2S/c1-3-7-13(11,12)10-6-4-5(2)8-9-6/h4,7H,3H2,1-2H3,(H2,8,9,10). The lowest BCUT2D eigenvalue weighted by atomic mass is 10.5. The molecule has 0 saturated carbocycles. The number of aryl methyl sites for hydroxylation is 1. The Balaban J connectivity index is 2.69. The molecule has 0 spiro atoms. The summed E-state index contributed by atoms with van der Waals surface area (Å²) in [6.45, 7) is 3.84. The minimum Gasteiger partial charge on any atom is -0.281 e. The van der Waals surface area contributed by atoms with Crippen LogP contribution in [0.4, 0.5) is 5.82 Å². The second-order valence-electron chi connectivity index (χ2n) is 2.54. The second-order valence-corrected chi connectivity index (χ2v) is 4.04. The summed E-state index contributed by atoms with van der Waals surface area (Å²) in [5.41, 5.74) is 0.800. The van der Waals surface area contributed by atoms with E-state index in [9.17, 15) is 8.42 Å². The Bertz CT molecular complexity index is 370. The van der Waals surface area contributed by atoms with Gasteiger partial charge in [0.05, 0.1) is 0 Å². The average Bonchev–Trinajstić information content (AvgIpc) is 2.34. The topological polar surface area (TPSA) is 86.9 Å². The summed E-state index contributed by atoms with van der Waals surface area (Å²) in [5.74, 6) is 0.290. The lowest BCUT2D eigenvalue weighted by molar-refractivity contribution is 0.589. The molecule has 0 radical (unpaired) electrons. The molecule has 0 amide bonds. The van der Waals surface area contributed by atoms with Crippen molar-refractivity contribution in [1.29, 1.82) is 0 Å². The zero-order chi connectivity index (χ0) is 9.90. The minimum atomic E-state index is -3.45. The SMILES string of the molecule is CCNS(=O)(=O)Nc1cc(C)[nH]n1. The fourth-order valence-corrected chi connectivity index (χ4v) is 1.67. The van der Waals surface area contributed by atoms with Gasteiger partial charge in [0.2, 0.25) is 0 Å². The van der Waals surface area contributed by atoms with Gasteiger partial charge in [0.25, 0.3) is 10.2 Å². The quantitative estimate of drug-likeness (QED) is 0.644. The van der Waals surface area contributed by atoms with Crippen LogP contribution in [0.5, 0.6) is 0 Å². The predicted molar refractivity (Wildman–Crippen MR) is 49.5 cm³/mol. The Labute approximate surface area is 76.9 Å². The minimum absolute atomic E-state index is 0.290. The molecule has 0 bridgehead atoms. The third-order valence-corrected chi connectivity index (χ3v) is 2.43. The summed E-state index contributed by atoms with van der Waals surface area (Å²) in [6, 6.07) is 1.61. The Morgan fingerprint density at radius 3 is 2.77 bits per heavy atom. The number of H-pyrrole nitrogens is 1. The molecule has 1 heterocycles. The number of anilines is 1. The van der Waals surface area contributed by atoms with E-state index in [1.807, 2.05) is 0 Å². The summed E-state index contributed by atoms with van der Waals surface area (Å²) in [7, 11) is -3.45. The van der Waals surface area contributed by atoms with E-state index in [2.05, 4.69) is 19.6 Å². The smallest absolute Gasteiger partial charge is 0.281 e. The van der Waals surface area contributed by atoms with Crippen LogP contribution in [0.2, 0.25) is 0 Å². The van der Waals surface area contributed by atoms with Gasteiger partial charge in [0.1, 0.15) is 0 Å². The van der Waals surface area contributed by atoms with Crippen LogP contribution in [-0.2, 0) is 10.2 Å². The van der Waals surface area contributed by atoms with Gasteiger partial charge in [0.15, 0.2) is 5.82 Å². The van der Waals surface area contributed by atoms with Gasteiger partial charge in [-0.05, 0) is 6.92 Å². The fourth-order valence-electron chi connectivity index (χ4n) is 0.834. The lowest BCUT2D eigenvalue weighted by Crippen LogP contribution is -2.29. The molecule has 1 aromatic heterocycles. The molecular formula is C6H12N4O2S. The van der Waals surface area contributed by atoms with Crippen molar-refractivity contribution in [3.05, 3.63) is 11.8 Å². The van der Waals surface area contributed by atoms with Crippen LogP contribution in [0.25, 0.3) is 0 Å². The van der Waals surface area contributed by atoms with E-state index in [1.165, 1.54) is 0 Å². The number of hydrogen-bond acceptors (Lipinski definition) is 3. The van der Waals surface area contributed by atoms with E-state index >= 15 is 0 Å². The molecule has 0 aliphatic rings. The first kappa shape index (κ1) is 10.0. The summed E-state index contributed by atoms with van der Waals surface area (Å²) >= 11 is 0. The van der Waals surface area contributed by atoms with Crippen molar-refractivity contribution in [3.63, 3.8) is 0 Å². The average molecular weight is 204 g/mol. The molecule has 74 valence electrons. The van der Waals surface area contributed by atoms with Crippen LogP contribution < -0.4 is 9.44 Å². The molecule has 0 fully saturated rings. The maximum atomic E-state index is 11.1. The maximum Gasteiger partial charge on any atom is 0.300 e. The van der Waals surface area contributed by atoms with Gasteiger partial charge >= 0.3 is 0 Å². The summed E-state index contributed by atoms with van der Waals surface area (Å²) < 4.78 is 26.8. The van der Waals surface area contributed by atoms with Crippen molar-refractivity contribution >= 4 is 16.0 Å². The fraction of sp³-hybridized carbons (Fsp3) is 0.500. The summed E-state index contributed by atoms with van der Waals surface area (Å²) in [5, 5.41) is 6.36. The van der Waals surface area contributed by atoms with Crippen molar-refractivity contribution < 1.29 is 8.42 Å². The lowest BCUT2D eigenvalue weighted by Gasteiger charge is -2.03. The maximum absolute atomic E-state index is 11.1. The highest BCUT2D eigenvalue weighted by atomic mass is 32.2. The molecular weight excluding hydrogens is 192 g/mol. The van der Waals surface area contributed by atoms with Gasteiger partial charge in [-0.25, -0.2) is 0 Å². The number of aromatic amines is 1. The Kier molecular flexibility index (Phi) is 2.89. The highest BCUT2D eigenvalue weighted by molar-refractivity contribution is 7.90. The second kappa shape index (κ2) is 3.75. The zero-order valence-electron chi connectivity index (χ0n) is 7.46. The van der Waals surface area contributed by atoms with E-state index in [0.717, 1.165) is 5.69 Å². The Hall–Kier alpha value is -1.08. The van der Waals surface area contributed by atoms with Gasteiger partial charge in [-0.3, -0.25) is 9.82 Å². The molecule has 7 heteroatoms. The van der Waals surface area contributed by atoms with E-state index in [4.69, 9.17) is 0 Å². The molecule has 13 heavy (non-hydrogen) atoms. The largest absolute Gasteiger partial charge is 0.300 e. The van der Waals surface area contributed by atoms with Crippen LogP contribution in [0, 0.1) is 6.92 Å². The number of aromatic nitrogens is 2. The number of rotatable bonds is 4. The van der Waals surface area contributed by atoms with Crippen molar-refractivity contribution in [2.45, 2.75) is 13.8 Å². The third kappa shape index (κ3) is 3.03. The number of hydrogen-bond donors (Lipinski definition) is 3. The molecule has 3 N–H and O–H groups in total. The summed E-state index contributed by atoms with van der Waals surface area (Å²) in [4.78, 5) is 0. The molecule has 0 aliphatic carbocycles. The molecule has 0 unspecified atom stereocenters. The first-order valence-electron chi connectivity index (χ1n) is 3.83. The first-order valence-corrected chi connectivity index (χ1v) is 5.31. The first-order chi connectivity index (χ1) is 6.03. The number of nitrogens with one attached hydrogen (secondary N) is 3. The third-order valence-electron chi connectivity index (χ3n) is 1.28. The number of nitrogens with zero attached hydrogens (tertiary/aromatic N) is 1. The van der Waals surface area contributed by atoms with E-state index in [0.29, 0.717) is 12.4 Å². The molecule has 1 rings (SSSR count). The molecule has 0 aliphatic heterocycles. The van der Waals surface area contributed by atoms with Gasteiger partial charge in [-0.15, -0.1) is 0 Å². The van der Waals surface area contributed by atoms with Crippen molar-refractivity contribution in [3.8, 4) is 0 Å². The van der Waals surface area contributed by atoms with Gasteiger partial charge < -0.3 is 0 Å². The van der Waals surface area contributed by atoms with Crippen LogP contribution in [-0.4, -0.2) is 25.2 Å². The molecule has 0 saturated heterocycles. The normalized spacial score (nSPS) is 11.5. The van der Waals surface area contributed by atoms with Crippen molar-refractivity contribution in [1.82, 2.24) is 14.9 Å². The van der Waals surface area contributed by atoms with Crippen molar-refractivity contribution in [2.75, 3.05) is 11.3 Å². The highest BCUT2D eigenvalue weighted by Crippen LogP contribution is 2.04. The monoisotopic (exact) mass is 204 g/mol. The van der Waals surface area contributed by atoms with Crippen LogP contribution in [0.15, 0.2) is 6.07 Å². The van der Waals surface area contributed by atoms with Crippen LogP contribution >= 0.6 is 0 Å². The molecule has 6 nitrogen and oxygen atoms in total. The van der Waals surface area contributed by atoms with Gasteiger partial charge in [0, 0.05) is 18.3 Å². The Morgan fingerprint density at radius 1 is 1.62 bits per heavy atom. The van der Waals surface area contributed by atoms with Crippen LogP contribution in [0.3, 0.4) is 0 Å². The van der Waals surface area contributed by atoms with E-state index in [-0.39, 0.29) is 0 Å². The highest BCUT2D eigenvalue weighted by Gasteiger charge is 2.08. The zero-order valence-corrected chi connectivity index (χ0v) is 8.27. The molecule has 0 aromatic carbocycles. The summed E-state index contributed by atoms with van der Waals surface area (Å²) in [6.07, 6.45) is 0. The molecule has 1 aromatic rings. The Morgan fingerprint density at radius 2 is 2.31 bits per heavy atom. The van der Waals surface area contributed by atoms with Crippen molar-refractivity contribution in [2.24, 2.45) is 0 Å². The van der Waals surface area contributed by atoms with E-state index in [1.54, 1.807) is 19.9 Å². The van der Waals surface area contributed by atoms with Gasteiger partial charge in [-0.2, -0.15) is 18.2 Å². The van der Waals surface area contributed by atoms with Crippen LogP contribution in [0.1, 0.15) is 12.6 Å².